The van der Waals surface area contributed by atoms with Crippen molar-refractivity contribution in [3.8, 4) is 11.4 Å². The molecule has 2 saturated heterocycles. The molecular formula is C38H55N6O13P. The fraction of sp³-hybridized carbons (Fsp3) is 0.605. The second kappa shape index (κ2) is 22.5. The van der Waals surface area contributed by atoms with Gasteiger partial charge in [0, 0.05) is 57.8 Å². The molecule has 4 rings (SSSR count). The van der Waals surface area contributed by atoms with Crippen molar-refractivity contribution < 1.29 is 61.4 Å². The molecule has 3 heterocycles. The number of hydrogen-bond donors (Lipinski definition) is 1. The van der Waals surface area contributed by atoms with Crippen LogP contribution in [0.4, 0.5) is 10.6 Å². The standard InChI is InChI=1S/C38H55N6O13P/c1-7-10-22-52-38(49)55-44-20-18-42(19-21-44)37(48)31(25-58(50,56-26(4)53-33(45)8-2)57-27(5)54-34(46)9-3)40-36(47)30-23-32(43-17-16-29(24-43)51-6)41-35(39-30)28-14-12-11-13-15-28/h11-15,23,26-27,29,31H,7-10,16-22,24-25H2,1-6H3,(H,40,47)/t26-,27?,29+,31?,58?/m1/s1. The van der Waals surface area contributed by atoms with E-state index < -0.39 is 62.3 Å². The van der Waals surface area contributed by atoms with Crippen molar-refractivity contribution in [3.05, 3.63) is 42.1 Å². The highest BCUT2D eigenvalue weighted by atomic mass is 31.2. The van der Waals surface area contributed by atoms with E-state index in [0.29, 0.717) is 30.9 Å². The lowest BCUT2D eigenvalue weighted by Crippen LogP contribution is -2.56. The van der Waals surface area contributed by atoms with Crippen LogP contribution in [0.5, 0.6) is 0 Å². The Morgan fingerprint density at radius 1 is 0.897 bits per heavy atom. The van der Waals surface area contributed by atoms with Gasteiger partial charge in [0.05, 0.1) is 32.0 Å². The maximum Gasteiger partial charge on any atom is 0.527 e. The molecule has 2 fully saturated rings. The number of carbonyl (C=O) groups excluding carboxylic acids is 5. The highest BCUT2D eigenvalue weighted by Gasteiger charge is 2.41. The number of nitrogens with one attached hydrogen (secondary N) is 1. The Hall–Kier alpha value is -4.68. The van der Waals surface area contributed by atoms with Crippen LogP contribution in [-0.4, -0.2) is 134 Å². The van der Waals surface area contributed by atoms with Crippen molar-refractivity contribution in [2.45, 2.75) is 91.4 Å². The minimum absolute atomic E-state index is 0.0118. The van der Waals surface area contributed by atoms with Crippen molar-refractivity contribution >= 4 is 43.3 Å². The largest absolute Gasteiger partial charge is 0.527 e. The van der Waals surface area contributed by atoms with Gasteiger partial charge in [-0.05, 0) is 26.7 Å². The lowest BCUT2D eigenvalue weighted by molar-refractivity contribution is -0.167. The average Bonchev–Trinajstić information content (AvgIpc) is 3.70. The SMILES string of the molecule is CCCCOC(=O)ON1CCN(C(=O)C(CP(=O)(OC(C)OC(=O)CC)O[C@H](C)OC(=O)CC)NC(=O)c2cc(N3CC[C@H](OC)C3)nc(-c3ccccc3)n2)CC1. The van der Waals surface area contributed by atoms with E-state index in [4.69, 9.17) is 37.8 Å². The van der Waals surface area contributed by atoms with Gasteiger partial charge >= 0.3 is 25.7 Å². The van der Waals surface area contributed by atoms with E-state index in [0.717, 1.165) is 12.8 Å². The highest BCUT2D eigenvalue weighted by molar-refractivity contribution is 7.54. The minimum atomic E-state index is -4.58. The summed E-state index contributed by atoms with van der Waals surface area (Å²) in [5.41, 5.74) is 0.551. The third kappa shape index (κ3) is 14.0. The summed E-state index contributed by atoms with van der Waals surface area (Å²) >= 11 is 0. The number of rotatable bonds is 20. The number of anilines is 1. The number of hydrogen-bond acceptors (Lipinski definition) is 17. The number of methoxy groups -OCH3 is 1. The first-order valence-corrected chi connectivity index (χ1v) is 21.2. The fourth-order valence-electron chi connectivity index (χ4n) is 5.99. The molecule has 1 aromatic heterocycles. The topological polar surface area (TPSA) is 215 Å². The maximum atomic E-state index is 14.6. The molecule has 3 unspecified atom stereocenters. The summed E-state index contributed by atoms with van der Waals surface area (Å²) < 4.78 is 47.0. The minimum Gasteiger partial charge on any atom is -0.436 e. The number of hydroxylamine groups is 2. The summed E-state index contributed by atoms with van der Waals surface area (Å²) in [6.45, 7) is 9.32. The number of benzene rings is 1. The van der Waals surface area contributed by atoms with Crippen LogP contribution < -0.4 is 10.2 Å². The quantitative estimate of drug-likeness (QED) is 0.0647. The first-order valence-electron chi connectivity index (χ1n) is 19.5. The molecule has 2 aliphatic heterocycles. The molecule has 0 bridgehead atoms. The molecule has 0 spiro atoms. The summed E-state index contributed by atoms with van der Waals surface area (Å²) in [6, 6.07) is 8.97. The Labute approximate surface area is 338 Å². The fourth-order valence-corrected chi connectivity index (χ4v) is 7.90. The molecule has 58 heavy (non-hydrogen) atoms. The van der Waals surface area contributed by atoms with E-state index in [-0.39, 0.29) is 63.2 Å². The van der Waals surface area contributed by atoms with Crippen molar-refractivity contribution in [1.29, 1.82) is 0 Å². The second-order valence-corrected chi connectivity index (χ2v) is 15.6. The molecule has 2 aliphatic rings. The van der Waals surface area contributed by atoms with Crippen LogP contribution in [0.1, 0.15) is 77.2 Å². The van der Waals surface area contributed by atoms with E-state index in [2.05, 4.69) is 10.3 Å². The Bertz CT molecular complexity index is 1720. The van der Waals surface area contributed by atoms with E-state index in [1.807, 2.05) is 30.0 Å². The zero-order chi connectivity index (χ0) is 42.2. The molecule has 5 atom stereocenters. The van der Waals surface area contributed by atoms with Crippen LogP contribution in [0, 0.1) is 0 Å². The van der Waals surface area contributed by atoms with Crippen molar-refractivity contribution in [2.24, 2.45) is 0 Å². The molecule has 1 N–H and O–H groups in total. The van der Waals surface area contributed by atoms with Gasteiger partial charge in [-0.3, -0.25) is 32.8 Å². The van der Waals surface area contributed by atoms with Crippen LogP contribution in [0.15, 0.2) is 36.4 Å². The van der Waals surface area contributed by atoms with E-state index in [9.17, 15) is 28.5 Å². The molecule has 2 aromatic rings. The van der Waals surface area contributed by atoms with Gasteiger partial charge in [-0.2, -0.15) is 0 Å². The summed E-state index contributed by atoms with van der Waals surface area (Å²) in [5, 5.41) is 4.05. The van der Waals surface area contributed by atoms with E-state index in [1.165, 1.54) is 29.9 Å². The zero-order valence-corrected chi connectivity index (χ0v) is 34.9. The number of unbranched alkanes of at least 4 members (excludes halogenated alkanes) is 1. The summed E-state index contributed by atoms with van der Waals surface area (Å²) in [5.74, 6) is -2.09. The van der Waals surface area contributed by atoms with Gasteiger partial charge in [0.25, 0.3) is 5.91 Å². The normalized spacial score (nSPS) is 18.3. The Morgan fingerprint density at radius 2 is 1.53 bits per heavy atom. The van der Waals surface area contributed by atoms with Gasteiger partial charge in [0.15, 0.2) is 5.82 Å². The van der Waals surface area contributed by atoms with Crippen molar-refractivity contribution in [2.75, 3.05) is 64.0 Å². The maximum absolute atomic E-state index is 14.6. The number of piperazine rings is 1. The molecule has 0 saturated carbocycles. The second-order valence-electron chi connectivity index (χ2n) is 13.5. The number of ether oxygens (including phenoxy) is 4. The molecule has 320 valence electrons. The molecule has 1 aromatic carbocycles. The summed E-state index contributed by atoms with van der Waals surface area (Å²) in [7, 11) is -2.95. The van der Waals surface area contributed by atoms with Crippen LogP contribution in [0.3, 0.4) is 0 Å². The molecule has 19 nitrogen and oxygen atoms in total. The van der Waals surface area contributed by atoms with Crippen LogP contribution >= 0.6 is 7.60 Å². The lowest BCUT2D eigenvalue weighted by atomic mass is 10.2. The molecule has 2 amide bonds. The van der Waals surface area contributed by atoms with Gasteiger partial charge < -0.3 is 38.9 Å². The Kier molecular flexibility index (Phi) is 17.8. The lowest BCUT2D eigenvalue weighted by Gasteiger charge is -2.35. The molecule has 20 heteroatoms. The molecular weight excluding hydrogens is 779 g/mol. The average molecular weight is 835 g/mol. The molecule has 0 aliphatic carbocycles. The van der Waals surface area contributed by atoms with Crippen molar-refractivity contribution in [3.63, 3.8) is 0 Å². The zero-order valence-electron chi connectivity index (χ0n) is 34.0. The van der Waals surface area contributed by atoms with E-state index >= 15 is 0 Å². The molecule has 0 radical (unpaired) electrons. The predicted octanol–water partition coefficient (Wildman–Crippen LogP) is 4.30. The number of nitrogens with zero attached hydrogens (tertiary/aromatic N) is 5. The van der Waals surface area contributed by atoms with Gasteiger partial charge in [0.2, 0.25) is 18.5 Å². The first-order chi connectivity index (χ1) is 27.8. The number of amides is 2. The summed E-state index contributed by atoms with van der Waals surface area (Å²) in [6.07, 6.45) is -2.30. The number of aromatic nitrogens is 2. The van der Waals surface area contributed by atoms with E-state index in [1.54, 1.807) is 33.1 Å². The predicted molar refractivity (Wildman–Crippen MR) is 208 cm³/mol. The summed E-state index contributed by atoms with van der Waals surface area (Å²) in [4.78, 5) is 83.0. The number of esters is 2. The first kappa shape index (κ1) is 46.0. The third-order valence-corrected chi connectivity index (χ3v) is 11.1. The van der Waals surface area contributed by atoms with Crippen LogP contribution in [0.2, 0.25) is 0 Å². The van der Waals surface area contributed by atoms with Crippen LogP contribution in [-0.2, 0) is 51.8 Å². The Balaban J connectivity index is 1.66. The van der Waals surface area contributed by atoms with Crippen molar-refractivity contribution in [1.82, 2.24) is 25.2 Å². The monoisotopic (exact) mass is 834 g/mol. The van der Waals surface area contributed by atoms with Gasteiger partial charge in [-0.1, -0.05) is 57.5 Å². The van der Waals surface area contributed by atoms with Gasteiger partial charge in [-0.25, -0.2) is 14.8 Å². The Morgan fingerprint density at radius 3 is 2.10 bits per heavy atom. The highest BCUT2D eigenvalue weighted by Crippen LogP contribution is 2.51. The number of carbonyl (C=O) groups is 5. The smallest absolute Gasteiger partial charge is 0.436 e. The van der Waals surface area contributed by atoms with Crippen LogP contribution in [0.25, 0.3) is 11.4 Å². The third-order valence-electron chi connectivity index (χ3n) is 9.05. The van der Waals surface area contributed by atoms with Gasteiger partial charge in [-0.15, -0.1) is 5.06 Å². The van der Waals surface area contributed by atoms with Gasteiger partial charge in [0.1, 0.15) is 17.6 Å².